The van der Waals surface area contributed by atoms with Gasteiger partial charge in [0.05, 0.1) is 13.2 Å². The number of halogens is 1. The molecule has 1 heterocycles. The summed E-state index contributed by atoms with van der Waals surface area (Å²) >= 11 is 6.22. The van der Waals surface area contributed by atoms with E-state index in [0.717, 1.165) is 44.0 Å². The predicted octanol–water partition coefficient (Wildman–Crippen LogP) is 1.58. The van der Waals surface area contributed by atoms with Crippen LogP contribution in [-0.4, -0.2) is 37.1 Å². The zero-order chi connectivity index (χ0) is 13.1. The van der Waals surface area contributed by atoms with Gasteiger partial charge in [0.25, 0.3) is 0 Å². The fraction of sp³-hybridized carbons (Fsp3) is 0.462. The number of hydrogen-bond donors (Lipinski definition) is 1. The number of carbonyl (C=O) groups excluding carboxylic acids is 1. The van der Waals surface area contributed by atoms with Crippen LogP contribution in [0.3, 0.4) is 0 Å². The number of primary amides is 1. The van der Waals surface area contributed by atoms with Crippen LogP contribution in [-0.2, 0) is 11.3 Å². The lowest BCUT2D eigenvalue weighted by Gasteiger charge is -2.27. The summed E-state index contributed by atoms with van der Waals surface area (Å²) in [6.07, 6.45) is 0. The van der Waals surface area contributed by atoms with Gasteiger partial charge in [0.1, 0.15) is 0 Å². The third-order valence-corrected chi connectivity index (χ3v) is 3.51. The van der Waals surface area contributed by atoms with Gasteiger partial charge >= 0.3 is 0 Å². The van der Waals surface area contributed by atoms with Crippen LogP contribution in [0, 0.1) is 6.92 Å². The Morgan fingerprint density at radius 2 is 2.11 bits per heavy atom. The minimum atomic E-state index is -0.410. The molecule has 1 aliphatic heterocycles. The highest BCUT2D eigenvalue weighted by Gasteiger charge is 2.15. The first-order valence-electron chi connectivity index (χ1n) is 5.97. The number of aryl methyl sites for hydroxylation is 1. The molecule has 2 rings (SSSR count). The van der Waals surface area contributed by atoms with E-state index < -0.39 is 5.91 Å². The van der Waals surface area contributed by atoms with Gasteiger partial charge in [0.2, 0.25) is 5.91 Å². The van der Waals surface area contributed by atoms with Crippen molar-refractivity contribution in [2.45, 2.75) is 13.5 Å². The standard InChI is InChI=1S/C13H17ClN2O2/c1-9-6-12(14)10(7-11(9)13(15)17)8-16-2-4-18-5-3-16/h6-7H,2-5,8H2,1H3,(H2,15,17). The molecule has 4 nitrogen and oxygen atoms in total. The fourth-order valence-corrected chi connectivity index (χ4v) is 2.38. The maximum absolute atomic E-state index is 11.3. The molecule has 0 radical (unpaired) electrons. The summed E-state index contributed by atoms with van der Waals surface area (Å²) in [7, 11) is 0. The minimum Gasteiger partial charge on any atom is -0.379 e. The van der Waals surface area contributed by atoms with E-state index >= 15 is 0 Å². The van der Waals surface area contributed by atoms with E-state index in [9.17, 15) is 4.79 Å². The summed E-state index contributed by atoms with van der Waals surface area (Å²) in [5.41, 5.74) is 7.66. The highest BCUT2D eigenvalue weighted by molar-refractivity contribution is 6.31. The number of morpholine rings is 1. The van der Waals surface area contributed by atoms with E-state index in [1.165, 1.54) is 0 Å². The van der Waals surface area contributed by atoms with E-state index in [0.29, 0.717) is 10.6 Å². The third kappa shape index (κ3) is 3.02. The maximum atomic E-state index is 11.3. The number of hydrogen-bond acceptors (Lipinski definition) is 3. The van der Waals surface area contributed by atoms with Gasteiger partial charge in [-0.2, -0.15) is 0 Å². The number of nitrogens with zero attached hydrogens (tertiary/aromatic N) is 1. The van der Waals surface area contributed by atoms with Crippen LogP contribution in [0.4, 0.5) is 0 Å². The van der Waals surface area contributed by atoms with Crippen LogP contribution in [0.2, 0.25) is 5.02 Å². The molecule has 0 bridgehead atoms. The predicted molar refractivity (Wildman–Crippen MR) is 70.8 cm³/mol. The molecule has 0 aliphatic carbocycles. The Labute approximate surface area is 112 Å². The molecule has 1 aromatic carbocycles. The van der Waals surface area contributed by atoms with Crippen molar-refractivity contribution in [1.82, 2.24) is 4.90 Å². The Bertz CT molecular complexity index is 457. The topological polar surface area (TPSA) is 55.6 Å². The first-order valence-corrected chi connectivity index (χ1v) is 6.34. The van der Waals surface area contributed by atoms with Crippen molar-refractivity contribution in [1.29, 1.82) is 0 Å². The molecule has 0 spiro atoms. The van der Waals surface area contributed by atoms with E-state index in [-0.39, 0.29) is 0 Å². The van der Waals surface area contributed by atoms with Gasteiger partial charge in [-0.3, -0.25) is 9.69 Å². The normalized spacial score (nSPS) is 16.8. The Morgan fingerprint density at radius 1 is 1.44 bits per heavy atom. The van der Waals surface area contributed by atoms with Gasteiger partial charge in [0.15, 0.2) is 0 Å². The van der Waals surface area contributed by atoms with Gasteiger partial charge in [-0.1, -0.05) is 11.6 Å². The van der Waals surface area contributed by atoms with Crippen molar-refractivity contribution in [3.05, 3.63) is 33.8 Å². The molecule has 2 N–H and O–H groups in total. The summed E-state index contributed by atoms with van der Waals surface area (Å²) in [6, 6.07) is 3.60. The minimum absolute atomic E-state index is 0.410. The molecular weight excluding hydrogens is 252 g/mol. The number of benzene rings is 1. The average Bonchev–Trinajstić information content (AvgIpc) is 2.33. The smallest absolute Gasteiger partial charge is 0.248 e. The first kappa shape index (κ1) is 13.3. The number of nitrogens with two attached hydrogens (primary N) is 1. The number of amides is 1. The molecule has 1 aromatic rings. The van der Waals surface area contributed by atoms with Crippen molar-refractivity contribution in [2.24, 2.45) is 5.73 Å². The molecule has 0 saturated carbocycles. The summed E-state index contributed by atoms with van der Waals surface area (Å²) in [6.45, 7) is 5.82. The number of carbonyl (C=O) groups is 1. The van der Waals surface area contributed by atoms with E-state index in [1.807, 2.05) is 6.92 Å². The van der Waals surface area contributed by atoms with Crippen LogP contribution in [0.15, 0.2) is 12.1 Å². The van der Waals surface area contributed by atoms with Crippen LogP contribution in [0.5, 0.6) is 0 Å². The van der Waals surface area contributed by atoms with Gasteiger partial charge in [0, 0.05) is 30.2 Å². The molecule has 0 aromatic heterocycles. The van der Waals surface area contributed by atoms with E-state index in [1.54, 1.807) is 12.1 Å². The molecule has 5 heteroatoms. The largest absolute Gasteiger partial charge is 0.379 e. The molecule has 1 fully saturated rings. The third-order valence-electron chi connectivity index (χ3n) is 3.16. The summed E-state index contributed by atoms with van der Waals surface area (Å²) in [5.74, 6) is -0.410. The van der Waals surface area contributed by atoms with Gasteiger partial charge in [-0.05, 0) is 30.2 Å². The van der Waals surface area contributed by atoms with Crippen molar-refractivity contribution in [2.75, 3.05) is 26.3 Å². The molecule has 1 amide bonds. The number of ether oxygens (including phenoxy) is 1. The van der Waals surface area contributed by atoms with Crippen LogP contribution < -0.4 is 5.73 Å². The number of rotatable bonds is 3. The van der Waals surface area contributed by atoms with Crippen LogP contribution >= 0.6 is 11.6 Å². The second kappa shape index (κ2) is 5.69. The van der Waals surface area contributed by atoms with Crippen molar-refractivity contribution >= 4 is 17.5 Å². The van der Waals surface area contributed by atoms with Gasteiger partial charge in [-0.25, -0.2) is 0 Å². The molecule has 1 saturated heterocycles. The molecule has 98 valence electrons. The van der Waals surface area contributed by atoms with Crippen molar-refractivity contribution in [3.63, 3.8) is 0 Å². The fourth-order valence-electron chi connectivity index (χ4n) is 2.10. The monoisotopic (exact) mass is 268 g/mol. The summed E-state index contributed by atoms with van der Waals surface area (Å²) < 4.78 is 5.30. The van der Waals surface area contributed by atoms with E-state index in [4.69, 9.17) is 22.1 Å². The molecule has 1 aliphatic rings. The SMILES string of the molecule is Cc1cc(Cl)c(CN2CCOCC2)cc1C(N)=O. The Hall–Kier alpha value is -1.10. The zero-order valence-corrected chi connectivity index (χ0v) is 11.2. The molecule has 18 heavy (non-hydrogen) atoms. The van der Waals surface area contributed by atoms with Crippen LogP contribution in [0.25, 0.3) is 0 Å². The maximum Gasteiger partial charge on any atom is 0.248 e. The highest BCUT2D eigenvalue weighted by atomic mass is 35.5. The Kier molecular flexibility index (Phi) is 4.22. The molecule has 0 atom stereocenters. The van der Waals surface area contributed by atoms with Crippen molar-refractivity contribution in [3.8, 4) is 0 Å². The lowest BCUT2D eigenvalue weighted by molar-refractivity contribution is 0.0342. The Morgan fingerprint density at radius 3 is 2.72 bits per heavy atom. The zero-order valence-electron chi connectivity index (χ0n) is 10.4. The highest BCUT2D eigenvalue weighted by Crippen LogP contribution is 2.23. The van der Waals surface area contributed by atoms with Crippen molar-refractivity contribution < 1.29 is 9.53 Å². The molecule has 0 unspecified atom stereocenters. The van der Waals surface area contributed by atoms with Gasteiger partial charge < -0.3 is 10.5 Å². The van der Waals surface area contributed by atoms with E-state index in [2.05, 4.69) is 4.90 Å². The summed E-state index contributed by atoms with van der Waals surface area (Å²) in [4.78, 5) is 13.6. The lowest BCUT2D eigenvalue weighted by Crippen LogP contribution is -2.35. The molecular formula is C13H17ClN2O2. The summed E-state index contributed by atoms with van der Waals surface area (Å²) in [5, 5.41) is 0.684. The first-order chi connectivity index (χ1) is 8.58. The van der Waals surface area contributed by atoms with Gasteiger partial charge in [-0.15, -0.1) is 0 Å². The second-order valence-electron chi connectivity index (χ2n) is 4.51. The lowest BCUT2D eigenvalue weighted by atomic mass is 10.0. The quantitative estimate of drug-likeness (QED) is 0.906. The Balaban J connectivity index is 2.21. The van der Waals surface area contributed by atoms with Crippen LogP contribution in [0.1, 0.15) is 21.5 Å². The second-order valence-corrected chi connectivity index (χ2v) is 4.92. The average molecular weight is 269 g/mol.